The lowest BCUT2D eigenvalue weighted by Gasteiger charge is -2.32. The largest absolute Gasteiger partial charge is 0.340 e. The number of carbonyl (C=O) groups is 1. The van der Waals surface area contributed by atoms with Gasteiger partial charge in [-0.25, -0.2) is 4.99 Å². The fourth-order valence-corrected chi connectivity index (χ4v) is 4.41. The number of nitrogens with one attached hydrogen (secondary N) is 2. The maximum atomic E-state index is 12.7. The van der Waals surface area contributed by atoms with Gasteiger partial charge in [0.15, 0.2) is 5.17 Å². The number of hydrogen-bond acceptors (Lipinski definition) is 3. The van der Waals surface area contributed by atoms with Crippen LogP contribution in [-0.4, -0.2) is 55.0 Å². The van der Waals surface area contributed by atoms with Gasteiger partial charge >= 0.3 is 0 Å². The van der Waals surface area contributed by atoms with Crippen molar-refractivity contribution in [3.05, 3.63) is 72.8 Å². The van der Waals surface area contributed by atoms with E-state index < -0.39 is 0 Å². The first-order valence-corrected chi connectivity index (χ1v) is 11.3. The number of thioether (sulfide) groups is 1. The highest BCUT2D eigenvalue weighted by atomic mass is 32.2. The Morgan fingerprint density at radius 1 is 1.00 bits per heavy atom. The summed E-state index contributed by atoms with van der Waals surface area (Å²) in [7, 11) is 2.22. The van der Waals surface area contributed by atoms with Crippen LogP contribution in [0.3, 0.4) is 0 Å². The van der Waals surface area contributed by atoms with Crippen molar-refractivity contribution in [3.63, 3.8) is 0 Å². The number of amidine groups is 1. The van der Waals surface area contributed by atoms with E-state index in [0.717, 1.165) is 53.5 Å². The molecule has 154 valence electrons. The van der Waals surface area contributed by atoms with Crippen molar-refractivity contribution in [1.29, 1.82) is 0 Å². The number of benzene rings is 3. The average molecular weight is 420 g/mol. The molecule has 0 atom stereocenters. The van der Waals surface area contributed by atoms with E-state index in [4.69, 9.17) is 4.99 Å². The molecule has 1 fully saturated rings. The van der Waals surface area contributed by atoms with Gasteiger partial charge in [-0.2, -0.15) is 0 Å². The van der Waals surface area contributed by atoms with Crippen LogP contribution >= 0.6 is 11.8 Å². The maximum absolute atomic E-state index is 12.7. The van der Waals surface area contributed by atoms with Crippen molar-refractivity contribution in [2.24, 2.45) is 4.99 Å². The van der Waals surface area contributed by atoms with Gasteiger partial charge in [0.05, 0.1) is 44.7 Å². The molecule has 30 heavy (non-hydrogen) atoms. The second-order valence-corrected chi connectivity index (χ2v) is 8.48. The Morgan fingerprint density at radius 3 is 2.50 bits per heavy atom. The second-order valence-electron chi connectivity index (χ2n) is 7.54. The molecule has 3 aromatic carbocycles. The monoisotopic (exact) mass is 419 g/mol. The smallest absolute Gasteiger partial charge is 0.234 e. The molecule has 0 saturated carbocycles. The highest BCUT2D eigenvalue weighted by Gasteiger charge is 2.21. The lowest BCUT2D eigenvalue weighted by Crippen LogP contribution is -3.12. The van der Waals surface area contributed by atoms with Crippen LogP contribution in [-0.2, 0) is 4.79 Å². The van der Waals surface area contributed by atoms with Crippen LogP contribution in [0, 0.1) is 0 Å². The lowest BCUT2D eigenvalue weighted by atomic mass is 10.1. The summed E-state index contributed by atoms with van der Waals surface area (Å²) in [6, 6.07) is 24.0. The first-order valence-electron chi connectivity index (χ1n) is 10.3. The van der Waals surface area contributed by atoms with Gasteiger partial charge < -0.3 is 15.1 Å². The van der Waals surface area contributed by atoms with E-state index in [1.807, 2.05) is 60.7 Å². The number of hydrogen-bond donors (Lipinski definition) is 2. The number of fused-ring (bicyclic) bond motifs is 1. The highest BCUT2D eigenvalue weighted by molar-refractivity contribution is 8.14. The first-order chi connectivity index (χ1) is 14.7. The SMILES string of the molecule is C[NH+]1CCN(C(=Nc2ccccc2)SCC(=O)Nc2cccc3ccccc23)CC1. The molecule has 6 heteroatoms. The quantitative estimate of drug-likeness (QED) is 0.505. The molecule has 0 unspecified atom stereocenters. The number of anilines is 1. The number of carbonyl (C=O) groups excluding carboxylic acids is 1. The van der Waals surface area contributed by atoms with Crippen molar-refractivity contribution in [3.8, 4) is 0 Å². The molecule has 3 aromatic rings. The zero-order valence-corrected chi connectivity index (χ0v) is 18.0. The summed E-state index contributed by atoms with van der Waals surface area (Å²) in [5, 5.41) is 6.17. The van der Waals surface area contributed by atoms with E-state index in [1.54, 1.807) is 0 Å². The Kier molecular flexibility index (Phi) is 6.67. The predicted molar refractivity (Wildman–Crippen MR) is 127 cm³/mol. The summed E-state index contributed by atoms with van der Waals surface area (Å²) in [5.74, 6) is 0.311. The standard InChI is InChI=1S/C24H26N4OS/c1-27-14-16-28(17-15-27)24(25-20-10-3-2-4-11-20)30-18-23(29)26-22-13-7-9-19-8-5-6-12-21(19)22/h2-13H,14-18H2,1H3,(H,26,29)/p+1. The van der Waals surface area contributed by atoms with Crippen molar-refractivity contribution < 1.29 is 9.69 Å². The average Bonchev–Trinajstić information content (AvgIpc) is 2.78. The minimum absolute atomic E-state index is 0.0168. The number of piperazine rings is 1. The molecule has 0 aliphatic carbocycles. The second kappa shape index (κ2) is 9.78. The van der Waals surface area contributed by atoms with Crippen LogP contribution in [0.2, 0.25) is 0 Å². The van der Waals surface area contributed by atoms with Gasteiger partial charge in [0.1, 0.15) is 0 Å². The van der Waals surface area contributed by atoms with Crippen LogP contribution in [0.25, 0.3) is 10.8 Å². The predicted octanol–water partition coefficient (Wildman–Crippen LogP) is 3.03. The summed E-state index contributed by atoms with van der Waals surface area (Å²) in [6.07, 6.45) is 0. The fourth-order valence-electron chi connectivity index (χ4n) is 3.54. The Labute approximate surface area is 181 Å². The normalized spacial score (nSPS) is 15.4. The molecule has 1 saturated heterocycles. The van der Waals surface area contributed by atoms with Gasteiger partial charge in [-0.3, -0.25) is 4.79 Å². The van der Waals surface area contributed by atoms with Crippen molar-refractivity contribution in [2.75, 3.05) is 44.3 Å². The lowest BCUT2D eigenvalue weighted by molar-refractivity contribution is -0.883. The molecular weight excluding hydrogens is 392 g/mol. The van der Waals surface area contributed by atoms with Crippen molar-refractivity contribution in [2.45, 2.75) is 0 Å². The zero-order valence-electron chi connectivity index (χ0n) is 17.2. The molecule has 0 bridgehead atoms. The van der Waals surface area contributed by atoms with Crippen molar-refractivity contribution >= 4 is 45.0 Å². The highest BCUT2D eigenvalue weighted by Crippen LogP contribution is 2.23. The van der Waals surface area contributed by atoms with Crippen LogP contribution in [0.15, 0.2) is 77.8 Å². The summed E-state index contributed by atoms with van der Waals surface area (Å²) in [4.78, 5) is 21.4. The van der Waals surface area contributed by atoms with E-state index in [1.165, 1.54) is 16.7 Å². The van der Waals surface area contributed by atoms with E-state index in [9.17, 15) is 4.79 Å². The summed E-state index contributed by atoms with van der Waals surface area (Å²) < 4.78 is 0. The Bertz CT molecular complexity index is 1020. The Balaban J connectivity index is 1.46. The van der Waals surface area contributed by atoms with E-state index in [-0.39, 0.29) is 5.91 Å². The van der Waals surface area contributed by atoms with E-state index in [0.29, 0.717) is 5.75 Å². The number of rotatable bonds is 4. The third-order valence-corrected chi connectivity index (χ3v) is 6.28. The molecule has 4 rings (SSSR count). The molecule has 5 nitrogen and oxygen atoms in total. The van der Waals surface area contributed by atoms with Gasteiger partial charge in [-0.1, -0.05) is 66.4 Å². The first kappa shape index (κ1) is 20.4. The number of nitrogens with zero attached hydrogens (tertiary/aromatic N) is 2. The third-order valence-electron chi connectivity index (χ3n) is 5.26. The van der Waals surface area contributed by atoms with Gasteiger partial charge in [0, 0.05) is 11.1 Å². The summed E-state index contributed by atoms with van der Waals surface area (Å²) >= 11 is 1.51. The van der Waals surface area contributed by atoms with Crippen LogP contribution < -0.4 is 10.2 Å². The van der Waals surface area contributed by atoms with Crippen LogP contribution in [0.5, 0.6) is 0 Å². The van der Waals surface area contributed by atoms with Gasteiger partial charge in [0.2, 0.25) is 5.91 Å². The van der Waals surface area contributed by atoms with Crippen LogP contribution in [0.1, 0.15) is 0 Å². The van der Waals surface area contributed by atoms with Gasteiger partial charge in [0.25, 0.3) is 0 Å². The summed E-state index contributed by atoms with van der Waals surface area (Å²) in [5.41, 5.74) is 1.77. The number of amides is 1. The Morgan fingerprint density at radius 2 is 1.70 bits per heavy atom. The topological polar surface area (TPSA) is 49.1 Å². The molecule has 1 amide bonds. The third kappa shape index (κ3) is 5.20. The molecular formula is C24H27N4OS+. The number of likely N-dealkylation sites (N-methyl/N-ethyl adjacent to an activating group) is 1. The molecule has 2 N–H and O–H groups in total. The van der Waals surface area contributed by atoms with Gasteiger partial charge in [-0.05, 0) is 23.6 Å². The number of quaternary nitrogens is 1. The molecule has 0 spiro atoms. The minimum Gasteiger partial charge on any atom is -0.340 e. The molecule has 1 aliphatic heterocycles. The van der Waals surface area contributed by atoms with E-state index in [2.05, 4.69) is 29.4 Å². The van der Waals surface area contributed by atoms with Gasteiger partial charge in [-0.15, -0.1) is 0 Å². The maximum Gasteiger partial charge on any atom is 0.234 e. The number of para-hydroxylation sites is 1. The van der Waals surface area contributed by atoms with Crippen molar-refractivity contribution in [1.82, 2.24) is 4.90 Å². The summed E-state index contributed by atoms with van der Waals surface area (Å²) in [6.45, 7) is 4.07. The zero-order chi connectivity index (χ0) is 20.8. The molecule has 0 aromatic heterocycles. The molecule has 0 radical (unpaired) electrons. The fraction of sp³-hybridized carbons (Fsp3) is 0.250. The number of aliphatic imine (C=N–C) groups is 1. The minimum atomic E-state index is -0.0168. The molecule has 1 heterocycles. The van der Waals surface area contributed by atoms with E-state index >= 15 is 0 Å². The molecule has 1 aliphatic rings. The van der Waals surface area contributed by atoms with Crippen LogP contribution in [0.4, 0.5) is 11.4 Å². The Hall–Kier alpha value is -2.83.